The molecule has 0 atom stereocenters. The molecule has 1 fully saturated rings. The number of carbonyl (C=O) groups is 1. The van der Waals surface area contributed by atoms with E-state index in [1.165, 1.54) is 18.3 Å². The summed E-state index contributed by atoms with van der Waals surface area (Å²) in [7, 11) is 0. The van der Waals surface area contributed by atoms with Crippen molar-refractivity contribution in [3.05, 3.63) is 30.3 Å². The maximum Gasteiger partial charge on any atom is 0.230 e. The van der Waals surface area contributed by atoms with Crippen molar-refractivity contribution in [3.8, 4) is 5.69 Å². The molecule has 2 N–H and O–H groups in total. The van der Waals surface area contributed by atoms with Crippen molar-refractivity contribution in [1.82, 2.24) is 25.5 Å². The number of quaternary nitrogens is 1. The lowest BCUT2D eigenvalue weighted by Crippen LogP contribution is -3.13. The van der Waals surface area contributed by atoms with Gasteiger partial charge < -0.3 is 10.2 Å². The van der Waals surface area contributed by atoms with Gasteiger partial charge in [-0.25, -0.2) is 0 Å². The van der Waals surface area contributed by atoms with E-state index in [9.17, 15) is 4.79 Å². The first-order chi connectivity index (χ1) is 11.8. The Kier molecular flexibility index (Phi) is 5.81. The zero-order chi connectivity index (χ0) is 16.8. The third-order valence-corrected chi connectivity index (χ3v) is 5.25. The Morgan fingerprint density at radius 2 is 2.08 bits per heavy atom. The minimum absolute atomic E-state index is 0.0487. The maximum atomic E-state index is 12.2. The number of nitrogens with zero attached hydrogens (tertiary/aromatic N) is 4. The number of piperidine rings is 1. The quantitative estimate of drug-likeness (QED) is 0.716. The minimum atomic E-state index is 0.0487. The van der Waals surface area contributed by atoms with Gasteiger partial charge in [-0.3, -0.25) is 4.79 Å². The van der Waals surface area contributed by atoms with Crippen LogP contribution in [-0.2, 0) is 4.79 Å². The highest BCUT2D eigenvalue weighted by molar-refractivity contribution is 7.99. The molecule has 0 spiro atoms. The molecule has 2 heterocycles. The highest BCUT2D eigenvalue weighted by Crippen LogP contribution is 2.17. The Labute approximate surface area is 145 Å². The SMILES string of the molecule is CC[NH+]1CCC(NC(=O)CSc2nnnn2-c2ccccc2)CC1. The van der Waals surface area contributed by atoms with Crippen LogP contribution in [0, 0.1) is 0 Å². The molecule has 1 amide bonds. The standard InChI is InChI=1S/C16H22N6OS/c1-2-21-10-8-13(9-11-21)17-15(23)12-24-16-18-19-20-22(16)14-6-4-3-5-7-14/h3-7,13H,2,8-12H2,1H3,(H,17,23)/p+1. The molecule has 8 heteroatoms. The number of para-hydroxylation sites is 1. The molecule has 1 aromatic carbocycles. The van der Waals surface area contributed by atoms with E-state index in [1.54, 1.807) is 9.58 Å². The minimum Gasteiger partial charge on any atom is -0.352 e. The number of amides is 1. The van der Waals surface area contributed by atoms with Crippen LogP contribution in [0.5, 0.6) is 0 Å². The molecule has 24 heavy (non-hydrogen) atoms. The molecule has 0 aliphatic carbocycles. The fourth-order valence-electron chi connectivity index (χ4n) is 2.92. The summed E-state index contributed by atoms with van der Waals surface area (Å²) in [5.41, 5.74) is 0.889. The molecule has 0 radical (unpaired) electrons. The molecule has 1 aromatic heterocycles. The number of hydrogen-bond acceptors (Lipinski definition) is 5. The van der Waals surface area contributed by atoms with Gasteiger partial charge in [-0.05, 0) is 29.5 Å². The van der Waals surface area contributed by atoms with Gasteiger partial charge in [0.05, 0.1) is 31.1 Å². The monoisotopic (exact) mass is 347 g/mol. The third-order valence-electron chi connectivity index (χ3n) is 4.33. The fraction of sp³-hybridized carbons (Fsp3) is 0.500. The van der Waals surface area contributed by atoms with E-state index in [-0.39, 0.29) is 5.91 Å². The van der Waals surface area contributed by atoms with Crippen LogP contribution in [0.15, 0.2) is 35.5 Å². The van der Waals surface area contributed by atoms with Gasteiger partial charge in [-0.1, -0.05) is 30.0 Å². The van der Waals surface area contributed by atoms with Crippen LogP contribution in [0.1, 0.15) is 19.8 Å². The van der Waals surface area contributed by atoms with Crippen LogP contribution in [0.2, 0.25) is 0 Å². The molecule has 7 nitrogen and oxygen atoms in total. The smallest absolute Gasteiger partial charge is 0.230 e. The summed E-state index contributed by atoms with van der Waals surface area (Å²) in [6, 6.07) is 9.98. The molecule has 0 unspecified atom stereocenters. The van der Waals surface area contributed by atoms with Crippen molar-refractivity contribution in [1.29, 1.82) is 0 Å². The number of tetrazole rings is 1. The van der Waals surface area contributed by atoms with Crippen molar-refractivity contribution < 1.29 is 9.69 Å². The zero-order valence-corrected chi connectivity index (χ0v) is 14.6. The normalized spacial score (nSPS) is 20.7. The second-order valence-corrected chi connectivity index (χ2v) is 6.89. The number of nitrogens with one attached hydrogen (secondary N) is 2. The number of hydrogen-bond donors (Lipinski definition) is 2. The fourth-order valence-corrected chi connectivity index (χ4v) is 3.63. The Balaban J connectivity index is 1.50. The second kappa shape index (κ2) is 8.25. The van der Waals surface area contributed by atoms with Crippen molar-refractivity contribution in [2.75, 3.05) is 25.4 Å². The van der Waals surface area contributed by atoms with Gasteiger partial charge in [0.25, 0.3) is 0 Å². The molecule has 0 saturated carbocycles. The van der Waals surface area contributed by atoms with Gasteiger partial charge in [0.1, 0.15) is 0 Å². The largest absolute Gasteiger partial charge is 0.352 e. The number of likely N-dealkylation sites (tertiary alicyclic amines) is 1. The van der Waals surface area contributed by atoms with Crippen LogP contribution in [-0.4, -0.2) is 57.5 Å². The van der Waals surface area contributed by atoms with Crippen LogP contribution >= 0.6 is 11.8 Å². The lowest BCUT2D eigenvalue weighted by Gasteiger charge is -2.28. The summed E-state index contributed by atoms with van der Waals surface area (Å²) in [6.45, 7) is 5.65. The topological polar surface area (TPSA) is 77.1 Å². The van der Waals surface area contributed by atoms with Crippen molar-refractivity contribution in [2.24, 2.45) is 0 Å². The first-order valence-electron chi connectivity index (χ1n) is 8.35. The summed E-state index contributed by atoms with van der Waals surface area (Å²) in [5, 5.41) is 15.5. The number of benzene rings is 1. The number of thioether (sulfide) groups is 1. The van der Waals surface area contributed by atoms with E-state index < -0.39 is 0 Å². The predicted octanol–water partition coefficient (Wildman–Crippen LogP) is -0.0622. The summed E-state index contributed by atoms with van der Waals surface area (Å²) in [6.07, 6.45) is 2.11. The second-order valence-electron chi connectivity index (χ2n) is 5.94. The summed E-state index contributed by atoms with van der Waals surface area (Å²) < 4.78 is 1.65. The van der Waals surface area contributed by atoms with Crippen molar-refractivity contribution >= 4 is 17.7 Å². The maximum absolute atomic E-state index is 12.2. The van der Waals surface area contributed by atoms with Crippen molar-refractivity contribution in [3.63, 3.8) is 0 Å². The van der Waals surface area contributed by atoms with Gasteiger partial charge in [0.15, 0.2) is 0 Å². The first kappa shape index (κ1) is 16.9. The molecular formula is C16H23N6OS+. The number of aromatic nitrogens is 4. The average Bonchev–Trinajstić information content (AvgIpc) is 3.10. The summed E-state index contributed by atoms with van der Waals surface area (Å²) in [5.74, 6) is 0.376. The predicted molar refractivity (Wildman–Crippen MR) is 92.3 cm³/mol. The molecule has 1 aliphatic rings. The first-order valence-corrected chi connectivity index (χ1v) is 9.34. The van der Waals surface area contributed by atoms with E-state index in [1.807, 2.05) is 30.3 Å². The van der Waals surface area contributed by atoms with E-state index in [2.05, 4.69) is 27.8 Å². The molecule has 128 valence electrons. The van der Waals surface area contributed by atoms with Crippen LogP contribution in [0.4, 0.5) is 0 Å². The highest BCUT2D eigenvalue weighted by Gasteiger charge is 2.22. The molecule has 2 aromatic rings. The number of rotatable bonds is 6. The van der Waals surface area contributed by atoms with Crippen LogP contribution < -0.4 is 10.2 Å². The van der Waals surface area contributed by atoms with E-state index in [0.717, 1.165) is 31.6 Å². The van der Waals surface area contributed by atoms with Crippen molar-refractivity contribution in [2.45, 2.75) is 31.0 Å². The average molecular weight is 347 g/mol. The van der Waals surface area contributed by atoms with E-state index in [4.69, 9.17) is 0 Å². The Morgan fingerprint density at radius 3 is 2.79 bits per heavy atom. The van der Waals surface area contributed by atoms with Gasteiger partial charge in [-0.15, -0.1) is 5.10 Å². The highest BCUT2D eigenvalue weighted by atomic mass is 32.2. The van der Waals surface area contributed by atoms with Gasteiger partial charge in [-0.2, -0.15) is 4.68 Å². The van der Waals surface area contributed by atoms with Crippen LogP contribution in [0.25, 0.3) is 5.69 Å². The van der Waals surface area contributed by atoms with Crippen LogP contribution in [0.3, 0.4) is 0 Å². The summed E-state index contributed by atoms with van der Waals surface area (Å²) >= 11 is 1.36. The lowest BCUT2D eigenvalue weighted by atomic mass is 10.1. The van der Waals surface area contributed by atoms with Gasteiger partial charge in [0, 0.05) is 18.9 Å². The molecular weight excluding hydrogens is 324 g/mol. The zero-order valence-electron chi connectivity index (χ0n) is 13.8. The Bertz CT molecular complexity index is 654. The van der Waals surface area contributed by atoms with Gasteiger partial charge >= 0.3 is 0 Å². The summed E-state index contributed by atoms with van der Waals surface area (Å²) in [4.78, 5) is 13.8. The van der Waals surface area contributed by atoms with Gasteiger partial charge in [0.2, 0.25) is 11.1 Å². The van der Waals surface area contributed by atoms with E-state index >= 15 is 0 Å². The molecule has 3 rings (SSSR count). The molecule has 1 saturated heterocycles. The third kappa shape index (κ3) is 4.33. The molecule has 0 bridgehead atoms. The molecule has 1 aliphatic heterocycles. The Morgan fingerprint density at radius 1 is 1.33 bits per heavy atom. The Hall–Kier alpha value is -1.93. The van der Waals surface area contributed by atoms with E-state index in [0.29, 0.717) is 17.0 Å². The lowest BCUT2D eigenvalue weighted by molar-refractivity contribution is -0.903. The number of carbonyl (C=O) groups excluding carboxylic acids is 1.